The van der Waals surface area contributed by atoms with Crippen molar-refractivity contribution in [1.29, 1.82) is 0 Å². The molecule has 0 aliphatic rings. The normalized spacial score (nSPS) is 13.2. The van der Waals surface area contributed by atoms with Crippen molar-refractivity contribution in [3.8, 4) is 0 Å². The fourth-order valence-electron chi connectivity index (χ4n) is 1.75. The summed E-state index contributed by atoms with van der Waals surface area (Å²) in [6, 6.07) is 5.53. The van der Waals surface area contributed by atoms with Gasteiger partial charge in [0.2, 0.25) is 15.9 Å². The maximum absolute atomic E-state index is 12.0. The summed E-state index contributed by atoms with van der Waals surface area (Å²) in [4.78, 5) is 12.0. The molecule has 1 rings (SSSR count). The summed E-state index contributed by atoms with van der Waals surface area (Å²) < 4.78 is 25.9. The van der Waals surface area contributed by atoms with Gasteiger partial charge in [-0.15, -0.1) is 0 Å². The van der Waals surface area contributed by atoms with Crippen molar-refractivity contribution < 1.29 is 13.2 Å². The Balaban J connectivity index is 2.97. The van der Waals surface area contributed by atoms with Gasteiger partial charge in [0.25, 0.3) is 0 Å². The van der Waals surface area contributed by atoms with E-state index in [1.165, 1.54) is 19.2 Å². The Hall–Kier alpha value is -1.44. The summed E-state index contributed by atoms with van der Waals surface area (Å²) in [7, 11) is -2.31. The van der Waals surface area contributed by atoms with Crippen LogP contribution in [0.3, 0.4) is 0 Å². The van der Waals surface area contributed by atoms with E-state index >= 15 is 0 Å². The second-order valence-electron chi connectivity index (χ2n) is 4.93. The van der Waals surface area contributed by atoms with Gasteiger partial charge in [-0.05, 0) is 31.5 Å². The summed E-state index contributed by atoms with van der Waals surface area (Å²) in [6.45, 7) is 3.93. The van der Waals surface area contributed by atoms with Crippen LogP contribution in [0.15, 0.2) is 29.2 Å². The van der Waals surface area contributed by atoms with Gasteiger partial charge in [0, 0.05) is 0 Å². The summed E-state index contributed by atoms with van der Waals surface area (Å²) in [5.74, 6) is -0.107. The number of hydrogen-bond donors (Lipinski definition) is 3. The maximum Gasteiger partial charge on any atom is 0.242 e. The predicted molar refractivity (Wildman–Crippen MR) is 78.7 cm³/mol. The van der Waals surface area contributed by atoms with Crippen LogP contribution in [0.2, 0.25) is 0 Å². The number of hydrogen-bond acceptors (Lipinski definition) is 4. The third-order valence-electron chi connectivity index (χ3n) is 2.77. The van der Waals surface area contributed by atoms with Crippen LogP contribution >= 0.6 is 0 Å². The van der Waals surface area contributed by atoms with Crippen molar-refractivity contribution in [2.75, 3.05) is 12.4 Å². The van der Waals surface area contributed by atoms with E-state index in [9.17, 15) is 13.2 Å². The molecule has 0 radical (unpaired) electrons. The van der Waals surface area contributed by atoms with Crippen LogP contribution in [0.25, 0.3) is 0 Å². The molecule has 0 fully saturated rings. The smallest absolute Gasteiger partial charge is 0.242 e. The fraction of sp³-hybridized carbons (Fsp3) is 0.462. The minimum atomic E-state index is -3.63. The average molecular weight is 299 g/mol. The number of carbonyl (C=O) groups is 1. The molecule has 0 unspecified atom stereocenters. The Morgan fingerprint density at radius 2 is 1.90 bits per heavy atom. The molecule has 0 aliphatic carbocycles. The first kappa shape index (κ1) is 16.6. The van der Waals surface area contributed by atoms with Gasteiger partial charge in [0.15, 0.2) is 0 Å². The zero-order chi connectivity index (χ0) is 15.3. The average Bonchev–Trinajstić information content (AvgIpc) is 2.38. The molecule has 1 aromatic carbocycles. The minimum Gasteiger partial charge on any atom is -0.324 e. The monoisotopic (exact) mass is 299 g/mol. The predicted octanol–water partition coefficient (Wildman–Crippen LogP) is 0.907. The van der Waals surface area contributed by atoms with Crippen LogP contribution in [-0.4, -0.2) is 27.4 Å². The summed E-state index contributed by atoms with van der Waals surface area (Å²) in [5.41, 5.74) is 6.01. The van der Waals surface area contributed by atoms with E-state index in [-0.39, 0.29) is 16.5 Å². The molecular formula is C13H21N3O3S. The molecule has 7 heteroatoms. The lowest BCUT2D eigenvalue weighted by Crippen LogP contribution is -2.37. The third-order valence-corrected chi connectivity index (χ3v) is 4.24. The van der Waals surface area contributed by atoms with Crippen molar-refractivity contribution in [2.45, 2.75) is 31.2 Å². The van der Waals surface area contributed by atoms with E-state index in [2.05, 4.69) is 10.0 Å². The van der Waals surface area contributed by atoms with Gasteiger partial charge >= 0.3 is 0 Å². The molecule has 0 saturated heterocycles. The highest BCUT2D eigenvalue weighted by atomic mass is 32.2. The number of sulfonamides is 1. The van der Waals surface area contributed by atoms with Crippen LogP contribution in [0.5, 0.6) is 0 Å². The van der Waals surface area contributed by atoms with Crippen LogP contribution in [0.4, 0.5) is 5.69 Å². The molecule has 6 nitrogen and oxygen atoms in total. The van der Waals surface area contributed by atoms with Crippen LogP contribution in [-0.2, 0) is 14.8 Å². The molecule has 112 valence electrons. The highest BCUT2D eigenvalue weighted by Crippen LogP contribution is 2.20. The molecule has 0 saturated carbocycles. The van der Waals surface area contributed by atoms with Crippen molar-refractivity contribution in [3.05, 3.63) is 24.3 Å². The Morgan fingerprint density at radius 1 is 1.30 bits per heavy atom. The lowest BCUT2D eigenvalue weighted by molar-refractivity contribution is -0.117. The van der Waals surface area contributed by atoms with Gasteiger partial charge in [0.05, 0.1) is 11.7 Å². The number of nitrogens with one attached hydrogen (secondary N) is 2. The zero-order valence-corrected chi connectivity index (χ0v) is 12.7. The third kappa shape index (κ3) is 4.29. The molecule has 1 atom stereocenters. The first-order chi connectivity index (χ1) is 9.27. The molecule has 1 amide bonds. The quantitative estimate of drug-likeness (QED) is 0.726. The second kappa shape index (κ2) is 6.83. The van der Waals surface area contributed by atoms with E-state index in [1.807, 2.05) is 13.8 Å². The van der Waals surface area contributed by atoms with E-state index in [0.717, 1.165) is 0 Å². The van der Waals surface area contributed by atoms with E-state index in [4.69, 9.17) is 5.73 Å². The molecule has 4 N–H and O–H groups in total. The van der Waals surface area contributed by atoms with Crippen molar-refractivity contribution in [2.24, 2.45) is 11.7 Å². The molecule has 0 spiro atoms. The standard InChI is InChI=1S/C13H21N3O3S/c1-9(2)8-10(14)13(17)16-11-6-4-5-7-12(11)20(18,19)15-3/h4-7,9-10,15H,8,14H2,1-3H3,(H,16,17)/t10-/m0/s1. The van der Waals surface area contributed by atoms with Crippen LogP contribution in [0, 0.1) is 5.92 Å². The SMILES string of the molecule is CNS(=O)(=O)c1ccccc1NC(=O)[C@@H](N)CC(C)C. The Labute approximate surface area is 119 Å². The number of rotatable bonds is 6. The number of nitrogens with two attached hydrogens (primary N) is 1. The van der Waals surface area contributed by atoms with Gasteiger partial charge in [-0.25, -0.2) is 13.1 Å². The summed E-state index contributed by atoms with van der Waals surface area (Å²) in [6.07, 6.45) is 0.535. The topological polar surface area (TPSA) is 101 Å². The van der Waals surface area contributed by atoms with Crippen LogP contribution < -0.4 is 15.8 Å². The van der Waals surface area contributed by atoms with Gasteiger partial charge in [-0.1, -0.05) is 26.0 Å². The lowest BCUT2D eigenvalue weighted by Gasteiger charge is -2.16. The number of para-hydroxylation sites is 1. The lowest BCUT2D eigenvalue weighted by atomic mass is 10.0. The largest absolute Gasteiger partial charge is 0.324 e. The number of anilines is 1. The van der Waals surface area contributed by atoms with Gasteiger partial charge in [-0.2, -0.15) is 0 Å². The number of carbonyl (C=O) groups excluding carboxylic acids is 1. The molecule has 0 aliphatic heterocycles. The molecule has 1 aromatic rings. The van der Waals surface area contributed by atoms with Gasteiger partial charge < -0.3 is 11.1 Å². The number of amides is 1. The molecule has 0 bridgehead atoms. The van der Waals surface area contributed by atoms with Crippen LogP contribution in [0.1, 0.15) is 20.3 Å². The molecular weight excluding hydrogens is 278 g/mol. The maximum atomic E-state index is 12.0. The number of benzene rings is 1. The minimum absolute atomic E-state index is 0.0209. The Bertz CT molecular complexity index is 570. The first-order valence-electron chi connectivity index (χ1n) is 6.37. The first-order valence-corrected chi connectivity index (χ1v) is 7.85. The zero-order valence-electron chi connectivity index (χ0n) is 11.9. The summed E-state index contributed by atoms with van der Waals surface area (Å²) in [5, 5.41) is 2.57. The van der Waals surface area contributed by atoms with Crippen molar-refractivity contribution in [3.63, 3.8) is 0 Å². The van der Waals surface area contributed by atoms with Crippen molar-refractivity contribution >= 4 is 21.6 Å². The molecule has 0 heterocycles. The van der Waals surface area contributed by atoms with Gasteiger partial charge in [0.1, 0.15) is 4.90 Å². The van der Waals surface area contributed by atoms with E-state index in [1.54, 1.807) is 12.1 Å². The summed E-state index contributed by atoms with van der Waals surface area (Å²) >= 11 is 0. The highest BCUT2D eigenvalue weighted by molar-refractivity contribution is 7.89. The second-order valence-corrected chi connectivity index (χ2v) is 6.78. The fourth-order valence-corrected chi connectivity index (χ4v) is 2.64. The Kier molecular flexibility index (Phi) is 5.67. The molecule has 0 aromatic heterocycles. The molecule has 20 heavy (non-hydrogen) atoms. The van der Waals surface area contributed by atoms with Crippen molar-refractivity contribution in [1.82, 2.24) is 4.72 Å². The van der Waals surface area contributed by atoms with Gasteiger partial charge in [-0.3, -0.25) is 4.79 Å². The Morgan fingerprint density at radius 3 is 2.45 bits per heavy atom. The highest BCUT2D eigenvalue weighted by Gasteiger charge is 2.20. The van der Waals surface area contributed by atoms with E-state index in [0.29, 0.717) is 6.42 Å². The van der Waals surface area contributed by atoms with E-state index < -0.39 is 22.0 Å².